The van der Waals surface area contributed by atoms with E-state index in [0.29, 0.717) is 6.54 Å². The number of hydrogen-bond donors (Lipinski definition) is 1. The number of rotatable bonds is 4. The van der Waals surface area contributed by atoms with Crippen LogP contribution < -0.4 is 10.5 Å². The Morgan fingerprint density at radius 2 is 2.15 bits per heavy atom. The Kier molecular flexibility index (Phi) is 4.68. The van der Waals surface area contributed by atoms with Gasteiger partial charge in [-0.15, -0.1) is 0 Å². The Bertz CT molecular complexity index is 448. The zero-order valence-electron chi connectivity index (χ0n) is 12.9. The first-order valence-corrected chi connectivity index (χ1v) is 7.21. The van der Waals surface area contributed by atoms with E-state index in [9.17, 15) is 0 Å². The summed E-state index contributed by atoms with van der Waals surface area (Å²) in [5.41, 5.74) is 7.06. The number of morpholine rings is 1. The predicted octanol–water partition coefficient (Wildman–Crippen LogP) is 2.19. The molecular weight excluding hydrogens is 252 g/mol. The maximum absolute atomic E-state index is 6.06. The molecule has 20 heavy (non-hydrogen) atoms. The molecule has 0 radical (unpaired) electrons. The number of ether oxygens (including phenoxy) is 2. The monoisotopic (exact) mass is 278 g/mol. The van der Waals surface area contributed by atoms with Crippen LogP contribution in [-0.4, -0.2) is 43.3 Å². The second kappa shape index (κ2) is 6.12. The van der Waals surface area contributed by atoms with Crippen molar-refractivity contribution < 1.29 is 9.47 Å². The lowest BCUT2D eigenvalue weighted by Gasteiger charge is -2.45. The van der Waals surface area contributed by atoms with Gasteiger partial charge in [0.2, 0.25) is 0 Å². The first kappa shape index (κ1) is 15.3. The summed E-state index contributed by atoms with van der Waals surface area (Å²) in [4.78, 5) is 2.41. The van der Waals surface area contributed by atoms with E-state index in [2.05, 4.69) is 31.7 Å². The molecule has 0 saturated carbocycles. The lowest BCUT2D eigenvalue weighted by molar-refractivity contribution is -0.137. The molecule has 1 aliphatic heterocycles. The van der Waals surface area contributed by atoms with Crippen LogP contribution in [0.15, 0.2) is 24.3 Å². The van der Waals surface area contributed by atoms with Crippen LogP contribution in [0.25, 0.3) is 0 Å². The van der Waals surface area contributed by atoms with Gasteiger partial charge in [-0.3, -0.25) is 4.90 Å². The summed E-state index contributed by atoms with van der Waals surface area (Å²) in [5, 5.41) is 0. The van der Waals surface area contributed by atoms with E-state index in [1.807, 2.05) is 18.2 Å². The van der Waals surface area contributed by atoms with E-state index >= 15 is 0 Å². The van der Waals surface area contributed by atoms with Crippen molar-refractivity contribution in [2.24, 2.45) is 5.73 Å². The van der Waals surface area contributed by atoms with Gasteiger partial charge in [0.15, 0.2) is 0 Å². The molecular formula is C16H26N2O2. The van der Waals surface area contributed by atoms with Crippen molar-refractivity contribution in [3.8, 4) is 5.75 Å². The number of nitrogens with zero attached hydrogens (tertiary/aromatic N) is 1. The molecule has 4 heteroatoms. The number of hydrogen-bond acceptors (Lipinski definition) is 4. The lowest BCUT2D eigenvalue weighted by atomic mass is 9.98. The number of nitrogens with two attached hydrogens (primary N) is 1. The van der Waals surface area contributed by atoms with E-state index in [-0.39, 0.29) is 17.7 Å². The summed E-state index contributed by atoms with van der Waals surface area (Å²) >= 11 is 0. The van der Waals surface area contributed by atoms with Gasteiger partial charge in [-0.2, -0.15) is 0 Å². The van der Waals surface area contributed by atoms with Gasteiger partial charge in [0.05, 0.1) is 24.9 Å². The third-order valence-electron chi connectivity index (χ3n) is 3.76. The van der Waals surface area contributed by atoms with Crippen molar-refractivity contribution in [3.63, 3.8) is 0 Å². The fourth-order valence-electron chi connectivity index (χ4n) is 3.15. The zero-order chi connectivity index (χ0) is 14.8. The Labute approximate surface area is 121 Å². The average molecular weight is 278 g/mol. The maximum atomic E-state index is 6.06. The van der Waals surface area contributed by atoms with Crippen molar-refractivity contribution in [2.45, 2.75) is 38.5 Å². The van der Waals surface area contributed by atoms with E-state index in [4.69, 9.17) is 15.2 Å². The highest BCUT2D eigenvalue weighted by Crippen LogP contribution is 2.32. The van der Waals surface area contributed by atoms with Crippen molar-refractivity contribution >= 4 is 0 Å². The molecule has 0 aromatic heterocycles. The van der Waals surface area contributed by atoms with Gasteiger partial charge in [-0.1, -0.05) is 18.2 Å². The summed E-state index contributed by atoms with van der Waals surface area (Å²) in [7, 11) is 1.71. The molecule has 2 rings (SSSR count). The third-order valence-corrected chi connectivity index (χ3v) is 3.76. The van der Waals surface area contributed by atoms with Gasteiger partial charge in [-0.25, -0.2) is 0 Å². The minimum atomic E-state index is -0.146. The summed E-state index contributed by atoms with van der Waals surface area (Å²) in [6.45, 7) is 8.71. The smallest absolute Gasteiger partial charge is 0.123 e. The number of benzene rings is 1. The fourth-order valence-corrected chi connectivity index (χ4v) is 3.15. The summed E-state index contributed by atoms with van der Waals surface area (Å²) < 4.78 is 11.5. The minimum Gasteiger partial charge on any atom is -0.496 e. The normalized spacial score (nSPS) is 24.4. The Morgan fingerprint density at radius 1 is 1.45 bits per heavy atom. The first-order chi connectivity index (χ1) is 9.46. The molecule has 1 aliphatic rings. The predicted molar refractivity (Wildman–Crippen MR) is 81.0 cm³/mol. The summed E-state index contributed by atoms with van der Waals surface area (Å²) in [6, 6.07) is 8.28. The largest absolute Gasteiger partial charge is 0.496 e. The molecule has 1 aromatic carbocycles. The molecule has 2 N–H and O–H groups in total. The van der Waals surface area contributed by atoms with Crippen LogP contribution in [0, 0.1) is 0 Å². The van der Waals surface area contributed by atoms with E-state index in [1.54, 1.807) is 7.11 Å². The molecule has 4 nitrogen and oxygen atoms in total. The van der Waals surface area contributed by atoms with Crippen LogP contribution in [0.3, 0.4) is 0 Å². The molecule has 0 aliphatic carbocycles. The SMILES string of the molecule is COc1ccccc1C(CN)N1CC(C)OC(C)(C)C1. The van der Waals surface area contributed by atoms with E-state index in [1.165, 1.54) is 0 Å². The van der Waals surface area contributed by atoms with Crippen LogP contribution in [0.1, 0.15) is 32.4 Å². The molecule has 2 atom stereocenters. The lowest BCUT2D eigenvalue weighted by Crippen LogP contribution is -2.53. The van der Waals surface area contributed by atoms with Gasteiger partial charge < -0.3 is 15.2 Å². The Hall–Kier alpha value is -1.10. The van der Waals surface area contributed by atoms with Gasteiger partial charge >= 0.3 is 0 Å². The molecule has 0 spiro atoms. The molecule has 0 bridgehead atoms. The average Bonchev–Trinajstić information content (AvgIpc) is 2.38. The standard InChI is InChI=1S/C16H26N2O2/c1-12-10-18(11-16(2,3)20-12)14(9-17)13-7-5-6-8-15(13)19-4/h5-8,12,14H,9-11,17H2,1-4H3. The Balaban J connectivity index is 2.27. The number of methoxy groups -OCH3 is 1. The molecule has 0 amide bonds. The van der Waals surface area contributed by atoms with Crippen molar-refractivity contribution in [2.75, 3.05) is 26.7 Å². The zero-order valence-corrected chi connectivity index (χ0v) is 12.9. The molecule has 1 aromatic rings. The minimum absolute atomic E-state index is 0.146. The van der Waals surface area contributed by atoms with Gasteiger partial charge in [-0.05, 0) is 26.8 Å². The van der Waals surface area contributed by atoms with E-state index in [0.717, 1.165) is 24.4 Å². The second-order valence-corrected chi connectivity index (χ2v) is 6.11. The van der Waals surface area contributed by atoms with Crippen LogP contribution in [0.2, 0.25) is 0 Å². The molecule has 1 fully saturated rings. The third kappa shape index (κ3) is 3.32. The van der Waals surface area contributed by atoms with Crippen molar-refractivity contribution in [1.82, 2.24) is 4.90 Å². The van der Waals surface area contributed by atoms with Crippen LogP contribution in [0.4, 0.5) is 0 Å². The van der Waals surface area contributed by atoms with Gasteiger partial charge in [0, 0.05) is 25.2 Å². The van der Waals surface area contributed by atoms with Gasteiger partial charge in [0.1, 0.15) is 5.75 Å². The summed E-state index contributed by atoms with van der Waals surface area (Å²) in [5.74, 6) is 0.903. The number of para-hydroxylation sites is 1. The fraction of sp³-hybridized carbons (Fsp3) is 0.625. The topological polar surface area (TPSA) is 47.7 Å². The van der Waals surface area contributed by atoms with Crippen molar-refractivity contribution in [1.29, 1.82) is 0 Å². The Morgan fingerprint density at radius 3 is 2.75 bits per heavy atom. The highest BCUT2D eigenvalue weighted by atomic mass is 16.5. The quantitative estimate of drug-likeness (QED) is 0.917. The molecule has 1 saturated heterocycles. The van der Waals surface area contributed by atoms with Crippen LogP contribution in [-0.2, 0) is 4.74 Å². The van der Waals surface area contributed by atoms with Crippen molar-refractivity contribution in [3.05, 3.63) is 29.8 Å². The molecule has 2 unspecified atom stereocenters. The first-order valence-electron chi connectivity index (χ1n) is 7.21. The highest BCUT2D eigenvalue weighted by Gasteiger charge is 2.35. The van der Waals surface area contributed by atoms with Crippen LogP contribution in [0.5, 0.6) is 5.75 Å². The summed E-state index contributed by atoms with van der Waals surface area (Å²) in [6.07, 6.45) is 0.211. The second-order valence-electron chi connectivity index (χ2n) is 6.11. The molecule has 112 valence electrons. The van der Waals surface area contributed by atoms with Gasteiger partial charge in [0.25, 0.3) is 0 Å². The van der Waals surface area contributed by atoms with Crippen LogP contribution >= 0.6 is 0 Å². The van der Waals surface area contributed by atoms with E-state index < -0.39 is 0 Å². The molecule has 1 heterocycles. The highest BCUT2D eigenvalue weighted by molar-refractivity contribution is 5.36. The maximum Gasteiger partial charge on any atom is 0.123 e.